The largest absolute Gasteiger partial charge is 0.310 e. The van der Waals surface area contributed by atoms with E-state index in [0.717, 1.165) is 23.4 Å². The van der Waals surface area contributed by atoms with Crippen molar-refractivity contribution in [3.8, 4) is 11.1 Å². The second kappa shape index (κ2) is 5.60. The third-order valence-corrected chi connectivity index (χ3v) is 3.94. The topological polar surface area (TPSA) is 29.9 Å². The van der Waals surface area contributed by atoms with E-state index in [1.807, 2.05) is 29.9 Å². The Bertz CT molecular complexity index is 641. The smallest absolute Gasteiger partial charge is 0.131 e. The lowest BCUT2D eigenvalue weighted by Gasteiger charge is -2.07. The van der Waals surface area contributed by atoms with E-state index in [1.165, 1.54) is 12.8 Å². The Morgan fingerprint density at radius 3 is 2.71 bits per heavy atom. The van der Waals surface area contributed by atoms with Crippen LogP contribution < -0.4 is 5.32 Å². The third kappa shape index (κ3) is 3.16. The van der Waals surface area contributed by atoms with Crippen LogP contribution in [-0.2, 0) is 6.54 Å². The van der Waals surface area contributed by atoms with Gasteiger partial charge in [0.25, 0.3) is 0 Å². The molecule has 3 rings (SSSR count). The second-order valence-electron chi connectivity index (χ2n) is 6.17. The Hall–Kier alpha value is -1.68. The number of nitrogens with zero attached hydrogens (tertiary/aromatic N) is 2. The molecule has 0 radical (unpaired) electrons. The predicted molar refractivity (Wildman–Crippen MR) is 82.6 cm³/mol. The van der Waals surface area contributed by atoms with Gasteiger partial charge in [-0.05, 0) is 51.3 Å². The molecule has 1 N–H and O–H groups in total. The maximum absolute atomic E-state index is 14.2. The fourth-order valence-corrected chi connectivity index (χ4v) is 2.45. The van der Waals surface area contributed by atoms with Crippen LogP contribution in [0.15, 0.2) is 24.4 Å². The highest BCUT2D eigenvalue weighted by atomic mass is 19.1. The fourth-order valence-electron chi connectivity index (χ4n) is 2.45. The standard InChI is InChI=1S/C17H22FN3/c1-11(2)21-10-16(12(3)20-21)15-8-13(4-7-17(15)18)9-19-14-5-6-14/h4,7-8,10-11,14,19H,5-6,9H2,1-3H3. The Morgan fingerprint density at radius 1 is 1.33 bits per heavy atom. The number of aromatic nitrogens is 2. The number of benzene rings is 1. The monoisotopic (exact) mass is 287 g/mol. The summed E-state index contributed by atoms with van der Waals surface area (Å²) in [6, 6.07) is 6.30. The summed E-state index contributed by atoms with van der Waals surface area (Å²) >= 11 is 0. The molecule has 0 amide bonds. The minimum Gasteiger partial charge on any atom is -0.310 e. The van der Waals surface area contributed by atoms with E-state index < -0.39 is 0 Å². The molecule has 1 aromatic carbocycles. The lowest BCUT2D eigenvalue weighted by molar-refractivity contribution is 0.529. The molecule has 1 fully saturated rings. The molecule has 1 aromatic heterocycles. The summed E-state index contributed by atoms with van der Waals surface area (Å²) in [5.74, 6) is -0.184. The molecule has 3 nitrogen and oxygen atoms in total. The molecule has 1 saturated carbocycles. The van der Waals surface area contributed by atoms with Crippen molar-refractivity contribution in [3.05, 3.63) is 41.5 Å². The summed E-state index contributed by atoms with van der Waals surface area (Å²) in [5, 5.41) is 7.94. The van der Waals surface area contributed by atoms with Gasteiger partial charge >= 0.3 is 0 Å². The van der Waals surface area contributed by atoms with Crippen molar-refractivity contribution in [2.75, 3.05) is 0 Å². The molecule has 0 saturated heterocycles. The van der Waals surface area contributed by atoms with Crippen LogP contribution in [0.25, 0.3) is 11.1 Å². The van der Waals surface area contributed by atoms with Crippen LogP contribution in [-0.4, -0.2) is 15.8 Å². The summed E-state index contributed by atoms with van der Waals surface area (Å²) in [4.78, 5) is 0. The average molecular weight is 287 g/mol. The highest BCUT2D eigenvalue weighted by Gasteiger charge is 2.20. The van der Waals surface area contributed by atoms with Gasteiger partial charge in [-0.2, -0.15) is 5.10 Å². The Labute approximate surface area is 125 Å². The van der Waals surface area contributed by atoms with Crippen molar-refractivity contribution in [3.63, 3.8) is 0 Å². The van der Waals surface area contributed by atoms with E-state index in [4.69, 9.17) is 0 Å². The maximum atomic E-state index is 14.2. The van der Waals surface area contributed by atoms with Crippen LogP contribution in [0.1, 0.15) is 44.0 Å². The normalized spacial score (nSPS) is 14.9. The van der Waals surface area contributed by atoms with Gasteiger partial charge in [-0.25, -0.2) is 4.39 Å². The molecule has 4 heteroatoms. The van der Waals surface area contributed by atoms with Gasteiger partial charge in [0.05, 0.1) is 5.69 Å². The number of hydrogen-bond donors (Lipinski definition) is 1. The molecule has 0 unspecified atom stereocenters. The molecule has 2 aromatic rings. The van der Waals surface area contributed by atoms with Crippen LogP contribution in [0.5, 0.6) is 0 Å². The molecule has 112 valence electrons. The summed E-state index contributed by atoms with van der Waals surface area (Å²) in [6.45, 7) is 6.88. The van der Waals surface area contributed by atoms with Crippen molar-refractivity contribution in [2.24, 2.45) is 0 Å². The second-order valence-corrected chi connectivity index (χ2v) is 6.17. The molecule has 0 aliphatic heterocycles. The first-order valence-electron chi connectivity index (χ1n) is 7.62. The van der Waals surface area contributed by atoms with Gasteiger partial charge in [0.2, 0.25) is 0 Å². The van der Waals surface area contributed by atoms with Gasteiger partial charge in [-0.1, -0.05) is 6.07 Å². The minimum absolute atomic E-state index is 0.184. The average Bonchev–Trinajstić information content (AvgIpc) is 3.19. The van der Waals surface area contributed by atoms with Crippen LogP contribution in [0, 0.1) is 12.7 Å². The summed E-state index contributed by atoms with van der Waals surface area (Å²) in [7, 11) is 0. The highest BCUT2D eigenvalue weighted by Crippen LogP contribution is 2.28. The van der Waals surface area contributed by atoms with Gasteiger partial charge in [0.1, 0.15) is 5.82 Å². The zero-order chi connectivity index (χ0) is 15.0. The Kier molecular flexibility index (Phi) is 3.81. The highest BCUT2D eigenvalue weighted by molar-refractivity contribution is 5.66. The van der Waals surface area contributed by atoms with E-state index in [2.05, 4.69) is 24.3 Å². The van der Waals surface area contributed by atoms with Gasteiger partial charge in [0, 0.05) is 36.0 Å². The molecule has 1 heterocycles. The quantitative estimate of drug-likeness (QED) is 0.905. The minimum atomic E-state index is -0.184. The number of halogens is 1. The van der Waals surface area contributed by atoms with Crippen molar-refractivity contribution in [1.82, 2.24) is 15.1 Å². The first-order valence-corrected chi connectivity index (χ1v) is 7.62. The van der Waals surface area contributed by atoms with E-state index in [9.17, 15) is 4.39 Å². The first-order chi connectivity index (χ1) is 10.0. The van der Waals surface area contributed by atoms with Gasteiger partial charge in [-0.3, -0.25) is 4.68 Å². The van der Waals surface area contributed by atoms with E-state index in [1.54, 1.807) is 6.07 Å². The summed E-state index contributed by atoms with van der Waals surface area (Å²) in [5.41, 5.74) is 3.52. The molecule has 0 bridgehead atoms. The van der Waals surface area contributed by atoms with Crippen LogP contribution in [0.2, 0.25) is 0 Å². The summed E-state index contributed by atoms with van der Waals surface area (Å²) in [6.07, 6.45) is 4.46. The maximum Gasteiger partial charge on any atom is 0.131 e. The lowest BCUT2D eigenvalue weighted by atomic mass is 10.0. The van der Waals surface area contributed by atoms with Crippen LogP contribution >= 0.6 is 0 Å². The number of hydrogen-bond acceptors (Lipinski definition) is 2. The molecule has 1 aliphatic rings. The molecular formula is C17H22FN3. The van der Waals surface area contributed by atoms with E-state index in [-0.39, 0.29) is 11.9 Å². The molecule has 21 heavy (non-hydrogen) atoms. The van der Waals surface area contributed by atoms with Crippen LogP contribution in [0.4, 0.5) is 4.39 Å². The van der Waals surface area contributed by atoms with Gasteiger partial charge in [-0.15, -0.1) is 0 Å². The van der Waals surface area contributed by atoms with Gasteiger partial charge < -0.3 is 5.32 Å². The Morgan fingerprint density at radius 2 is 2.10 bits per heavy atom. The van der Waals surface area contributed by atoms with Gasteiger partial charge in [0.15, 0.2) is 0 Å². The third-order valence-electron chi connectivity index (χ3n) is 3.94. The zero-order valence-electron chi connectivity index (χ0n) is 12.9. The first kappa shape index (κ1) is 14.3. The molecular weight excluding hydrogens is 265 g/mol. The van der Waals surface area contributed by atoms with Crippen LogP contribution in [0.3, 0.4) is 0 Å². The fraction of sp³-hybridized carbons (Fsp3) is 0.471. The zero-order valence-corrected chi connectivity index (χ0v) is 12.9. The SMILES string of the molecule is Cc1nn(C(C)C)cc1-c1cc(CNC2CC2)ccc1F. The number of aryl methyl sites for hydroxylation is 1. The van der Waals surface area contributed by atoms with Crippen molar-refractivity contribution >= 4 is 0 Å². The number of rotatable bonds is 5. The molecule has 0 spiro atoms. The number of nitrogens with one attached hydrogen (secondary N) is 1. The van der Waals surface area contributed by atoms with Crippen molar-refractivity contribution in [2.45, 2.75) is 52.2 Å². The Balaban J connectivity index is 1.90. The summed E-state index contributed by atoms with van der Waals surface area (Å²) < 4.78 is 16.1. The van der Waals surface area contributed by atoms with E-state index in [0.29, 0.717) is 11.6 Å². The molecule has 0 atom stereocenters. The predicted octanol–water partition coefficient (Wildman–Crippen LogP) is 3.83. The molecule has 1 aliphatic carbocycles. The van der Waals surface area contributed by atoms with Crippen molar-refractivity contribution < 1.29 is 4.39 Å². The lowest BCUT2D eigenvalue weighted by Crippen LogP contribution is -2.15. The van der Waals surface area contributed by atoms with Crippen molar-refractivity contribution in [1.29, 1.82) is 0 Å². The van der Waals surface area contributed by atoms with E-state index >= 15 is 0 Å².